The molecule has 0 unspecified atom stereocenters. The van der Waals surface area contributed by atoms with Crippen LogP contribution in [0.5, 0.6) is 0 Å². The molecular formula is C18H15F3N4O2S. The molecule has 1 aromatic heterocycles. The van der Waals surface area contributed by atoms with E-state index >= 15 is 0 Å². The normalized spacial score (nSPS) is 12.2. The molecule has 0 aliphatic rings. The first-order chi connectivity index (χ1) is 13.2. The number of hydrogen-bond donors (Lipinski definition) is 1. The van der Waals surface area contributed by atoms with Crippen molar-refractivity contribution in [3.63, 3.8) is 0 Å². The van der Waals surface area contributed by atoms with Crippen molar-refractivity contribution in [3.8, 4) is 6.07 Å². The molecule has 28 heavy (non-hydrogen) atoms. The Morgan fingerprint density at radius 2 is 1.86 bits per heavy atom. The van der Waals surface area contributed by atoms with Gasteiger partial charge in [0.1, 0.15) is 5.82 Å². The van der Waals surface area contributed by atoms with Crippen LogP contribution in [0, 0.1) is 11.3 Å². The van der Waals surface area contributed by atoms with Gasteiger partial charge in [-0.25, -0.2) is 18.1 Å². The van der Waals surface area contributed by atoms with Crippen molar-refractivity contribution in [1.82, 2.24) is 14.3 Å². The van der Waals surface area contributed by atoms with E-state index in [1.165, 1.54) is 34.9 Å². The Labute approximate surface area is 159 Å². The molecule has 0 saturated heterocycles. The van der Waals surface area contributed by atoms with E-state index in [1.807, 2.05) is 6.07 Å². The average Bonchev–Trinajstić information content (AvgIpc) is 3.02. The highest BCUT2D eigenvalue weighted by molar-refractivity contribution is 7.89. The molecule has 0 bridgehead atoms. The minimum atomic E-state index is -4.48. The lowest BCUT2D eigenvalue weighted by molar-refractivity contribution is -0.137. The highest BCUT2D eigenvalue weighted by Gasteiger charge is 2.31. The molecule has 0 fully saturated rings. The van der Waals surface area contributed by atoms with Crippen LogP contribution in [0.3, 0.4) is 0 Å². The third-order valence-electron chi connectivity index (χ3n) is 4.18. The number of nitriles is 1. The first-order valence-corrected chi connectivity index (χ1v) is 9.70. The Balaban J connectivity index is 1.90. The smallest absolute Gasteiger partial charge is 0.327 e. The van der Waals surface area contributed by atoms with Crippen LogP contribution in [-0.4, -0.2) is 18.0 Å². The van der Waals surface area contributed by atoms with Crippen LogP contribution in [-0.2, 0) is 29.3 Å². The van der Waals surface area contributed by atoms with E-state index in [4.69, 9.17) is 5.26 Å². The molecule has 0 aliphatic heterocycles. The van der Waals surface area contributed by atoms with E-state index in [9.17, 15) is 21.6 Å². The summed E-state index contributed by atoms with van der Waals surface area (Å²) in [5.41, 5.74) is 0.166. The topological polar surface area (TPSA) is 87.8 Å². The molecule has 0 radical (unpaired) electrons. The molecule has 0 spiro atoms. The summed E-state index contributed by atoms with van der Waals surface area (Å²) >= 11 is 0. The number of imidazole rings is 1. The van der Waals surface area contributed by atoms with Crippen LogP contribution in [0.25, 0.3) is 11.0 Å². The number of halogens is 3. The number of aromatic nitrogens is 2. The third-order valence-corrected chi connectivity index (χ3v) is 5.60. The lowest BCUT2D eigenvalue weighted by atomic mass is 10.2. The van der Waals surface area contributed by atoms with Crippen molar-refractivity contribution in [2.24, 2.45) is 0 Å². The molecule has 3 aromatic rings. The molecular weight excluding hydrogens is 393 g/mol. The fourth-order valence-corrected chi connectivity index (χ4v) is 3.77. The van der Waals surface area contributed by atoms with Crippen LogP contribution in [0.1, 0.15) is 23.9 Å². The van der Waals surface area contributed by atoms with Gasteiger partial charge in [-0.05, 0) is 49.4 Å². The van der Waals surface area contributed by atoms with Gasteiger partial charge in [0.05, 0.1) is 39.7 Å². The van der Waals surface area contributed by atoms with Gasteiger partial charge < -0.3 is 4.57 Å². The number of nitrogens with one attached hydrogen (secondary N) is 1. The quantitative estimate of drug-likeness (QED) is 0.701. The molecule has 0 amide bonds. The van der Waals surface area contributed by atoms with E-state index in [-0.39, 0.29) is 17.0 Å². The van der Waals surface area contributed by atoms with E-state index in [0.717, 1.165) is 12.1 Å². The highest BCUT2D eigenvalue weighted by Crippen LogP contribution is 2.31. The molecule has 1 heterocycles. The van der Waals surface area contributed by atoms with Gasteiger partial charge in [-0.15, -0.1) is 0 Å². The first kappa shape index (κ1) is 19.9. The van der Waals surface area contributed by atoms with E-state index in [1.54, 1.807) is 6.92 Å². The standard InChI is InChI=1S/C18H15F3N4O2S/c1-2-25-16-9-13(18(19,20)21)5-8-15(16)24-17(25)11-23-28(26,27)14-6-3-12(10-22)4-7-14/h3-9,23H,2,11H2,1H3. The van der Waals surface area contributed by atoms with Gasteiger partial charge in [0.25, 0.3) is 0 Å². The Kier molecular flexibility index (Phi) is 5.14. The number of rotatable bonds is 5. The second-order valence-electron chi connectivity index (χ2n) is 5.93. The van der Waals surface area contributed by atoms with Crippen LogP contribution < -0.4 is 4.72 Å². The fraction of sp³-hybridized carbons (Fsp3) is 0.222. The van der Waals surface area contributed by atoms with Gasteiger partial charge >= 0.3 is 6.18 Å². The summed E-state index contributed by atoms with van der Waals surface area (Å²) in [4.78, 5) is 4.23. The van der Waals surface area contributed by atoms with E-state index in [0.29, 0.717) is 23.4 Å². The number of nitrogens with zero attached hydrogens (tertiary/aromatic N) is 3. The minimum absolute atomic E-state index is 0.0231. The highest BCUT2D eigenvalue weighted by atomic mass is 32.2. The molecule has 2 aromatic carbocycles. The van der Waals surface area contributed by atoms with Crippen molar-refractivity contribution >= 4 is 21.1 Å². The number of benzene rings is 2. The first-order valence-electron chi connectivity index (χ1n) is 8.22. The molecule has 0 aliphatic carbocycles. The third kappa shape index (κ3) is 3.85. The van der Waals surface area contributed by atoms with Crippen molar-refractivity contribution in [1.29, 1.82) is 5.26 Å². The lowest BCUT2D eigenvalue weighted by Crippen LogP contribution is -2.25. The number of aryl methyl sites for hydroxylation is 1. The molecule has 6 nitrogen and oxygen atoms in total. The van der Waals surface area contributed by atoms with Gasteiger partial charge in [-0.2, -0.15) is 18.4 Å². The molecule has 0 saturated carbocycles. The van der Waals surface area contributed by atoms with Crippen molar-refractivity contribution in [3.05, 3.63) is 59.4 Å². The maximum Gasteiger partial charge on any atom is 0.416 e. The van der Waals surface area contributed by atoms with E-state index < -0.39 is 21.8 Å². The number of hydrogen-bond acceptors (Lipinski definition) is 4. The monoisotopic (exact) mass is 408 g/mol. The average molecular weight is 408 g/mol. The largest absolute Gasteiger partial charge is 0.416 e. The summed E-state index contributed by atoms with van der Waals surface area (Å²) in [5, 5.41) is 8.78. The van der Waals surface area contributed by atoms with Gasteiger partial charge in [-0.1, -0.05) is 0 Å². The van der Waals surface area contributed by atoms with Crippen LogP contribution in [0.15, 0.2) is 47.4 Å². The Morgan fingerprint density at radius 1 is 1.18 bits per heavy atom. The Hall–Kier alpha value is -2.90. The predicted molar refractivity (Wildman–Crippen MR) is 95.6 cm³/mol. The zero-order valence-electron chi connectivity index (χ0n) is 14.7. The van der Waals surface area contributed by atoms with Gasteiger partial charge in [0.15, 0.2) is 0 Å². The second-order valence-corrected chi connectivity index (χ2v) is 7.70. The molecule has 0 atom stereocenters. The predicted octanol–water partition coefficient (Wildman–Crippen LogP) is 3.43. The summed E-state index contributed by atoms with van der Waals surface area (Å²) in [6.07, 6.45) is -4.48. The zero-order valence-corrected chi connectivity index (χ0v) is 15.5. The SMILES string of the molecule is CCn1c(CNS(=O)(=O)c2ccc(C#N)cc2)nc2ccc(C(F)(F)F)cc21. The lowest BCUT2D eigenvalue weighted by Gasteiger charge is -2.10. The minimum Gasteiger partial charge on any atom is -0.327 e. The summed E-state index contributed by atoms with van der Waals surface area (Å²) in [5.74, 6) is 0.300. The maximum absolute atomic E-state index is 13.0. The molecule has 146 valence electrons. The van der Waals surface area contributed by atoms with Crippen molar-refractivity contribution < 1.29 is 21.6 Å². The molecule has 1 N–H and O–H groups in total. The van der Waals surface area contributed by atoms with Crippen molar-refractivity contribution in [2.75, 3.05) is 0 Å². The Bertz CT molecular complexity index is 1160. The summed E-state index contributed by atoms with van der Waals surface area (Å²) in [6.45, 7) is 1.87. The summed E-state index contributed by atoms with van der Waals surface area (Å²) in [6, 6.07) is 10.5. The van der Waals surface area contributed by atoms with Crippen LogP contribution in [0.2, 0.25) is 0 Å². The fourth-order valence-electron chi connectivity index (χ4n) is 2.79. The van der Waals surface area contributed by atoms with Crippen molar-refractivity contribution in [2.45, 2.75) is 31.1 Å². The van der Waals surface area contributed by atoms with Gasteiger partial charge in [0.2, 0.25) is 10.0 Å². The number of alkyl halides is 3. The molecule has 3 rings (SSSR count). The van der Waals surface area contributed by atoms with Crippen LogP contribution >= 0.6 is 0 Å². The molecule has 10 heteroatoms. The number of sulfonamides is 1. The number of fused-ring (bicyclic) bond motifs is 1. The summed E-state index contributed by atoms with van der Waals surface area (Å²) in [7, 11) is -3.87. The second kappa shape index (κ2) is 7.26. The van der Waals surface area contributed by atoms with Gasteiger partial charge in [-0.3, -0.25) is 0 Å². The zero-order chi connectivity index (χ0) is 20.5. The van der Waals surface area contributed by atoms with Crippen LogP contribution in [0.4, 0.5) is 13.2 Å². The summed E-state index contributed by atoms with van der Waals surface area (Å²) < 4.78 is 67.7. The van der Waals surface area contributed by atoms with E-state index in [2.05, 4.69) is 9.71 Å². The Morgan fingerprint density at radius 3 is 2.43 bits per heavy atom. The maximum atomic E-state index is 13.0. The van der Waals surface area contributed by atoms with Gasteiger partial charge in [0, 0.05) is 6.54 Å².